The van der Waals surface area contributed by atoms with Crippen molar-refractivity contribution < 1.29 is 9.59 Å². The highest BCUT2D eigenvalue weighted by atomic mass is 35.5. The minimum absolute atomic E-state index is 0.145. The zero-order valence-electron chi connectivity index (χ0n) is 16.5. The van der Waals surface area contributed by atoms with Crippen LogP contribution in [0.15, 0.2) is 67.1 Å². The number of halogens is 1. The van der Waals surface area contributed by atoms with E-state index in [1.165, 1.54) is 0 Å². The molecule has 1 N–H and O–H groups in total. The summed E-state index contributed by atoms with van der Waals surface area (Å²) >= 11 is 5.96. The molecule has 0 saturated carbocycles. The number of carbonyl (C=O) groups is 2. The number of carbonyl (C=O) groups excluding carboxylic acids is 2. The van der Waals surface area contributed by atoms with Gasteiger partial charge in [0.15, 0.2) is 0 Å². The maximum absolute atomic E-state index is 13.3. The van der Waals surface area contributed by atoms with E-state index in [1.807, 2.05) is 37.3 Å². The molecule has 0 spiro atoms. The van der Waals surface area contributed by atoms with Crippen molar-refractivity contribution in [3.63, 3.8) is 0 Å². The van der Waals surface area contributed by atoms with Crippen molar-refractivity contribution in [2.75, 3.05) is 6.54 Å². The van der Waals surface area contributed by atoms with Crippen molar-refractivity contribution in [2.24, 2.45) is 0 Å². The number of nitrogens with one attached hydrogen (secondary N) is 1. The lowest BCUT2D eigenvalue weighted by Crippen LogP contribution is -2.41. The largest absolute Gasteiger partial charge is 0.347 e. The summed E-state index contributed by atoms with van der Waals surface area (Å²) in [4.78, 5) is 36.2. The topological polar surface area (TPSA) is 75.2 Å². The van der Waals surface area contributed by atoms with Gasteiger partial charge < -0.3 is 10.2 Å². The number of aromatic nitrogens is 2. The summed E-state index contributed by atoms with van der Waals surface area (Å²) in [5, 5.41) is 3.68. The van der Waals surface area contributed by atoms with Gasteiger partial charge in [-0.25, -0.2) is 0 Å². The predicted octanol–water partition coefficient (Wildman–Crippen LogP) is 3.75. The maximum atomic E-state index is 13.3. The van der Waals surface area contributed by atoms with E-state index in [-0.39, 0.29) is 17.9 Å². The van der Waals surface area contributed by atoms with Crippen molar-refractivity contribution in [3.05, 3.63) is 94.5 Å². The molecule has 6 nitrogen and oxygen atoms in total. The molecule has 0 aliphatic carbocycles. The standard InChI is InChI=1S/C23H21ClN4O2/c1-15(16-6-8-17(24)9-7-16)27-22(29)21-19-4-2-3-5-20(19)23(30)28(21)13-10-18-14-25-11-12-26-18/h2-9,11-12,14-15,21H,10,13H2,1H3,(H,27,29). The van der Waals surface area contributed by atoms with E-state index in [9.17, 15) is 9.59 Å². The first kappa shape index (κ1) is 20.0. The van der Waals surface area contributed by atoms with Crippen LogP contribution in [0.4, 0.5) is 0 Å². The van der Waals surface area contributed by atoms with Gasteiger partial charge >= 0.3 is 0 Å². The zero-order valence-corrected chi connectivity index (χ0v) is 17.2. The Kier molecular flexibility index (Phi) is 5.77. The summed E-state index contributed by atoms with van der Waals surface area (Å²) < 4.78 is 0. The SMILES string of the molecule is CC(NC(=O)C1c2ccccc2C(=O)N1CCc1cnccn1)c1ccc(Cl)cc1. The van der Waals surface area contributed by atoms with Crippen molar-refractivity contribution in [1.82, 2.24) is 20.2 Å². The van der Waals surface area contributed by atoms with Gasteiger partial charge in [-0.1, -0.05) is 41.9 Å². The first-order chi connectivity index (χ1) is 14.5. The highest BCUT2D eigenvalue weighted by Crippen LogP contribution is 2.34. The Morgan fingerprint density at radius 2 is 1.93 bits per heavy atom. The highest BCUT2D eigenvalue weighted by Gasteiger charge is 2.40. The molecule has 7 heteroatoms. The Hall–Kier alpha value is -3.25. The fourth-order valence-corrected chi connectivity index (χ4v) is 3.83. The lowest BCUT2D eigenvalue weighted by Gasteiger charge is -2.26. The van der Waals surface area contributed by atoms with Crippen LogP contribution >= 0.6 is 11.6 Å². The molecule has 1 aromatic heterocycles. The van der Waals surface area contributed by atoms with E-state index in [1.54, 1.807) is 41.7 Å². The van der Waals surface area contributed by atoms with Gasteiger partial charge in [0.25, 0.3) is 5.91 Å². The third-order valence-corrected chi connectivity index (χ3v) is 5.51. The molecule has 2 aromatic carbocycles. The van der Waals surface area contributed by atoms with Crippen LogP contribution in [-0.2, 0) is 11.2 Å². The van der Waals surface area contributed by atoms with Crippen LogP contribution in [0.2, 0.25) is 5.02 Å². The fraction of sp³-hybridized carbons (Fsp3) is 0.217. The number of hydrogen-bond donors (Lipinski definition) is 1. The number of benzene rings is 2. The quantitative estimate of drug-likeness (QED) is 0.659. The predicted molar refractivity (Wildman–Crippen MR) is 114 cm³/mol. The lowest BCUT2D eigenvalue weighted by molar-refractivity contribution is -0.126. The molecule has 2 unspecified atom stereocenters. The Labute approximate surface area is 179 Å². The highest BCUT2D eigenvalue weighted by molar-refractivity contribution is 6.30. The molecular formula is C23H21ClN4O2. The van der Waals surface area contributed by atoms with Crippen molar-refractivity contribution in [2.45, 2.75) is 25.4 Å². The van der Waals surface area contributed by atoms with Gasteiger partial charge in [0, 0.05) is 42.1 Å². The minimum atomic E-state index is -0.680. The summed E-state index contributed by atoms with van der Waals surface area (Å²) in [5.74, 6) is -0.358. The van der Waals surface area contributed by atoms with E-state index in [0.29, 0.717) is 23.6 Å². The second kappa shape index (κ2) is 8.63. The van der Waals surface area contributed by atoms with Gasteiger partial charge in [-0.05, 0) is 36.2 Å². The van der Waals surface area contributed by atoms with E-state index < -0.39 is 6.04 Å². The van der Waals surface area contributed by atoms with Crippen LogP contribution < -0.4 is 5.32 Å². The first-order valence-electron chi connectivity index (χ1n) is 9.75. The second-order valence-electron chi connectivity index (χ2n) is 7.22. The normalized spacial score (nSPS) is 16.3. The molecule has 1 aliphatic heterocycles. The molecule has 152 valence electrons. The minimum Gasteiger partial charge on any atom is -0.347 e. The van der Waals surface area contributed by atoms with E-state index in [4.69, 9.17) is 11.6 Å². The van der Waals surface area contributed by atoms with Gasteiger partial charge in [-0.2, -0.15) is 0 Å². The fourth-order valence-electron chi connectivity index (χ4n) is 3.70. The van der Waals surface area contributed by atoms with Gasteiger partial charge in [0.1, 0.15) is 6.04 Å². The Morgan fingerprint density at radius 1 is 1.17 bits per heavy atom. The van der Waals surface area contributed by atoms with Crippen molar-refractivity contribution >= 4 is 23.4 Å². The number of hydrogen-bond acceptors (Lipinski definition) is 4. The van der Waals surface area contributed by atoms with E-state index in [2.05, 4.69) is 15.3 Å². The third-order valence-electron chi connectivity index (χ3n) is 5.26. The van der Waals surface area contributed by atoms with Crippen molar-refractivity contribution in [3.8, 4) is 0 Å². The van der Waals surface area contributed by atoms with E-state index >= 15 is 0 Å². The number of amides is 2. The summed E-state index contributed by atoms with van der Waals surface area (Å²) in [6.45, 7) is 2.29. The summed E-state index contributed by atoms with van der Waals surface area (Å²) in [6, 6.07) is 13.7. The molecule has 30 heavy (non-hydrogen) atoms. The van der Waals surface area contributed by atoms with Crippen LogP contribution in [0.1, 0.15) is 46.2 Å². The van der Waals surface area contributed by atoms with Gasteiger partial charge in [0.05, 0.1) is 11.7 Å². The van der Waals surface area contributed by atoms with Gasteiger partial charge in [-0.15, -0.1) is 0 Å². The van der Waals surface area contributed by atoms with Crippen molar-refractivity contribution in [1.29, 1.82) is 0 Å². The smallest absolute Gasteiger partial charge is 0.255 e. The maximum Gasteiger partial charge on any atom is 0.255 e. The van der Waals surface area contributed by atoms with Gasteiger partial charge in [-0.3, -0.25) is 19.6 Å². The molecule has 3 aromatic rings. The molecule has 0 bridgehead atoms. The molecule has 4 rings (SSSR count). The summed E-state index contributed by atoms with van der Waals surface area (Å²) in [6.07, 6.45) is 5.41. The van der Waals surface area contributed by atoms with Gasteiger partial charge in [0.2, 0.25) is 5.91 Å². The molecule has 0 saturated heterocycles. The summed E-state index contributed by atoms with van der Waals surface area (Å²) in [5.41, 5.74) is 3.00. The third kappa shape index (κ3) is 4.04. The van der Waals surface area contributed by atoms with Crippen LogP contribution in [0.25, 0.3) is 0 Å². The number of rotatable bonds is 6. The lowest BCUT2D eigenvalue weighted by atomic mass is 10.0. The number of fused-ring (bicyclic) bond motifs is 1. The molecule has 2 heterocycles. The van der Waals surface area contributed by atoms with Crippen LogP contribution in [0, 0.1) is 0 Å². The molecule has 1 aliphatic rings. The van der Waals surface area contributed by atoms with Crippen LogP contribution in [0.5, 0.6) is 0 Å². The molecule has 2 amide bonds. The Morgan fingerprint density at radius 3 is 2.67 bits per heavy atom. The Bertz CT molecular complexity index is 1060. The average Bonchev–Trinajstić information content (AvgIpc) is 3.05. The van der Waals surface area contributed by atoms with E-state index in [0.717, 1.165) is 16.8 Å². The van der Waals surface area contributed by atoms with Crippen LogP contribution in [0.3, 0.4) is 0 Å². The Balaban J connectivity index is 1.56. The molecular weight excluding hydrogens is 400 g/mol. The summed E-state index contributed by atoms with van der Waals surface area (Å²) in [7, 11) is 0. The molecule has 0 radical (unpaired) electrons. The first-order valence-corrected chi connectivity index (χ1v) is 10.1. The molecule has 2 atom stereocenters. The second-order valence-corrected chi connectivity index (χ2v) is 7.65. The molecule has 0 fully saturated rings. The number of nitrogens with zero attached hydrogens (tertiary/aromatic N) is 3. The zero-order chi connectivity index (χ0) is 21.1. The monoisotopic (exact) mass is 420 g/mol. The average molecular weight is 421 g/mol. The van der Waals surface area contributed by atoms with Crippen LogP contribution in [-0.4, -0.2) is 33.2 Å².